The van der Waals surface area contributed by atoms with E-state index in [1.54, 1.807) is 0 Å². The number of amides is 2. The van der Waals surface area contributed by atoms with Crippen LogP contribution in [0.2, 0.25) is 0 Å². The highest BCUT2D eigenvalue weighted by atomic mass is 19.4. The average Bonchev–Trinajstić information content (AvgIpc) is 2.34. The summed E-state index contributed by atoms with van der Waals surface area (Å²) < 4.78 is 37.3. The second-order valence-electron chi connectivity index (χ2n) is 3.96. The number of carbonyl (C=O) groups excluding carboxylic acids is 1. The Kier molecular flexibility index (Phi) is 5.36. The number of benzene rings is 1. The van der Waals surface area contributed by atoms with Crippen LogP contribution in [0.5, 0.6) is 0 Å². The van der Waals surface area contributed by atoms with E-state index in [1.165, 1.54) is 12.1 Å². The lowest BCUT2D eigenvalue weighted by Crippen LogP contribution is -2.29. The number of carboxylic acids is 1. The van der Waals surface area contributed by atoms with Gasteiger partial charge in [0.2, 0.25) is 0 Å². The predicted octanol–water partition coefficient (Wildman–Crippen LogP) is 2.69. The van der Waals surface area contributed by atoms with Gasteiger partial charge < -0.3 is 15.7 Å². The van der Waals surface area contributed by atoms with E-state index >= 15 is 0 Å². The molecule has 1 aromatic carbocycles. The van der Waals surface area contributed by atoms with Crippen molar-refractivity contribution in [2.75, 3.05) is 11.9 Å². The Hall–Kier alpha value is -2.25. The Morgan fingerprint density at radius 1 is 1.25 bits per heavy atom. The van der Waals surface area contributed by atoms with Crippen LogP contribution in [-0.2, 0) is 11.0 Å². The van der Waals surface area contributed by atoms with Crippen molar-refractivity contribution < 1.29 is 27.9 Å². The molecule has 0 saturated carbocycles. The lowest BCUT2D eigenvalue weighted by atomic mass is 10.2. The fourth-order valence-corrected chi connectivity index (χ4v) is 1.39. The Labute approximate surface area is 112 Å². The fraction of sp³-hybridized carbons (Fsp3) is 0.333. The molecule has 20 heavy (non-hydrogen) atoms. The minimum absolute atomic E-state index is 0.00978. The van der Waals surface area contributed by atoms with Gasteiger partial charge in [-0.2, -0.15) is 13.2 Å². The number of hydrogen-bond donors (Lipinski definition) is 3. The first-order chi connectivity index (χ1) is 9.29. The van der Waals surface area contributed by atoms with Crippen LogP contribution in [0.15, 0.2) is 24.3 Å². The topological polar surface area (TPSA) is 78.4 Å². The van der Waals surface area contributed by atoms with Crippen LogP contribution < -0.4 is 10.6 Å². The van der Waals surface area contributed by atoms with Gasteiger partial charge in [0, 0.05) is 18.7 Å². The van der Waals surface area contributed by atoms with Crippen LogP contribution in [-0.4, -0.2) is 23.7 Å². The molecule has 0 aliphatic carbocycles. The maximum absolute atomic E-state index is 12.4. The third-order valence-corrected chi connectivity index (χ3v) is 2.30. The predicted molar refractivity (Wildman–Crippen MR) is 65.3 cm³/mol. The summed E-state index contributed by atoms with van der Waals surface area (Å²) in [7, 11) is 0. The van der Waals surface area contributed by atoms with Crippen molar-refractivity contribution >= 4 is 17.7 Å². The average molecular weight is 290 g/mol. The molecule has 110 valence electrons. The number of alkyl halides is 3. The van der Waals surface area contributed by atoms with Gasteiger partial charge in [0.15, 0.2) is 0 Å². The van der Waals surface area contributed by atoms with E-state index in [1.807, 2.05) is 0 Å². The number of hydrogen-bond acceptors (Lipinski definition) is 2. The molecule has 0 heterocycles. The van der Waals surface area contributed by atoms with Crippen LogP contribution in [0.4, 0.5) is 23.7 Å². The van der Waals surface area contributed by atoms with Crippen molar-refractivity contribution in [1.82, 2.24) is 5.32 Å². The van der Waals surface area contributed by atoms with E-state index in [9.17, 15) is 22.8 Å². The molecular formula is C12H13F3N2O3. The third-order valence-electron chi connectivity index (χ3n) is 2.30. The second-order valence-corrected chi connectivity index (χ2v) is 3.96. The highest BCUT2D eigenvalue weighted by molar-refractivity contribution is 5.89. The highest BCUT2D eigenvalue weighted by Crippen LogP contribution is 2.30. The van der Waals surface area contributed by atoms with Gasteiger partial charge in [-0.15, -0.1) is 0 Å². The zero-order valence-electron chi connectivity index (χ0n) is 10.3. The van der Waals surface area contributed by atoms with Gasteiger partial charge in [0.25, 0.3) is 0 Å². The molecule has 1 aromatic rings. The smallest absolute Gasteiger partial charge is 0.416 e. The molecule has 0 atom stereocenters. The van der Waals surface area contributed by atoms with E-state index in [-0.39, 0.29) is 25.1 Å². The minimum atomic E-state index is -4.48. The maximum Gasteiger partial charge on any atom is 0.416 e. The molecule has 0 spiro atoms. The van der Waals surface area contributed by atoms with E-state index in [2.05, 4.69) is 10.6 Å². The first kappa shape index (κ1) is 15.8. The number of carbonyl (C=O) groups is 2. The second kappa shape index (κ2) is 6.78. The van der Waals surface area contributed by atoms with Crippen LogP contribution in [0.25, 0.3) is 0 Å². The van der Waals surface area contributed by atoms with Gasteiger partial charge in [-0.05, 0) is 24.6 Å². The first-order valence-electron chi connectivity index (χ1n) is 5.73. The molecule has 0 aliphatic rings. The maximum atomic E-state index is 12.4. The molecule has 0 aromatic heterocycles. The van der Waals surface area contributed by atoms with Gasteiger partial charge in [0.1, 0.15) is 0 Å². The van der Waals surface area contributed by atoms with E-state index in [4.69, 9.17) is 5.11 Å². The van der Waals surface area contributed by atoms with E-state index in [0.29, 0.717) is 0 Å². The van der Waals surface area contributed by atoms with Crippen molar-refractivity contribution in [3.05, 3.63) is 29.8 Å². The number of carboxylic acid groups (broad SMARTS) is 1. The first-order valence-corrected chi connectivity index (χ1v) is 5.73. The van der Waals surface area contributed by atoms with Crippen LogP contribution in [0, 0.1) is 0 Å². The summed E-state index contributed by atoms with van der Waals surface area (Å²) in [6, 6.07) is 3.54. The van der Waals surface area contributed by atoms with Crippen molar-refractivity contribution in [2.24, 2.45) is 0 Å². The Morgan fingerprint density at radius 2 is 1.95 bits per heavy atom. The monoisotopic (exact) mass is 290 g/mol. The minimum Gasteiger partial charge on any atom is -0.481 e. The number of anilines is 1. The fourth-order valence-electron chi connectivity index (χ4n) is 1.39. The lowest BCUT2D eigenvalue weighted by molar-refractivity contribution is -0.138. The van der Waals surface area contributed by atoms with Crippen molar-refractivity contribution in [1.29, 1.82) is 0 Å². The quantitative estimate of drug-likeness (QED) is 0.729. The molecule has 5 nitrogen and oxygen atoms in total. The van der Waals surface area contributed by atoms with Gasteiger partial charge in [-0.3, -0.25) is 4.79 Å². The van der Waals surface area contributed by atoms with Crippen molar-refractivity contribution in [2.45, 2.75) is 19.0 Å². The SMILES string of the molecule is O=C(O)CCCNC(=O)Nc1cccc(C(F)(F)F)c1. The summed E-state index contributed by atoms with van der Waals surface area (Å²) >= 11 is 0. The number of rotatable bonds is 5. The number of urea groups is 1. The zero-order chi connectivity index (χ0) is 15.2. The molecule has 0 aliphatic heterocycles. The van der Waals surface area contributed by atoms with Gasteiger partial charge in [0.05, 0.1) is 5.56 Å². The van der Waals surface area contributed by atoms with Crippen molar-refractivity contribution in [3.63, 3.8) is 0 Å². The Balaban J connectivity index is 2.48. The number of nitrogens with one attached hydrogen (secondary N) is 2. The molecule has 0 bridgehead atoms. The van der Waals surface area contributed by atoms with E-state index < -0.39 is 23.7 Å². The highest BCUT2D eigenvalue weighted by Gasteiger charge is 2.30. The summed E-state index contributed by atoms with van der Waals surface area (Å²) in [5.74, 6) is -0.981. The standard InChI is InChI=1S/C12H13F3N2O3/c13-12(14,15)8-3-1-4-9(7-8)17-11(20)16-6-2-5-10(18)19/h1,3-4,7H,2,5-6H2,(H,18,19)(H2,16,17,20). The summed E-state index contributed by atoms with van der Waals surface area (Å²) in [6.07, 6.45) is -4.33. The van der Waals surface area contributed by atoms with Crippen LogP contribution >= 0.6 is 0 Å². The largest absolute Gasteiger partial charge is 0.481 e. The molecule has 0 fully saturated rings. The number of halogens is 3. The summed E-state index contributed by atoms with van der Waals surface area (Å²) in [4.78, 5) is 21.6. The molecular weight excluding hydrogens is 277 g/mol. The molecule has 0 radical (unpaired) electrons. The molecule has 1 rings (SSSR count). The van der Waals surface area contributed by atoms with Gasteiger partial charge in [-0.25, -0.2) is 4.79 Å². The number of aliphatic carboxylic acids is 1. The molecule has 0 unspecified atom stereocenters. The summed E-state index contributed by atoms with van der Waals surface area (Å²) in [6.45, 7) is 0.122. The Bertz CT molecular complexity index is 489. The van der Waals surface area contributed by atoms with Gasteiger partial charge in [-0.1, -0.05) is 6.07 Å². The third kappa shape index (κ3) is 5.59. The molecule has 3 N–H and O–H groups in total. The van der Waals surface area contributed by atoms with E-state index in [0.717, 1.165) is 12.1 Å². The Morgan fingerprint density at radius 3 is 2.55 bits per heavy atom. The summed E-state index contributed by atoms with van der Waals surface area (Å²) in [5, 5.41) is 13.0. The molecule has 8 heteroatoms. The lowest BCUT2D eigenvalue weighted by Gasteiger charge is -2.10. The normalized spacial score (nSPS) is 10.9. The molecule has 2 amide bonds. The summed E-state index contributed by atoms with van der Waals surface area (Å²) in [5.41, 5.74) is -0.850. The zero-order valence-corrected chi connectivity index (χ0v) is 10.3. The molecule has 0 saturated heterocycles. The van der Waals surface area contributed by atoms with Crippen LogP contribution in [0.1, 0.15) is 18.4 Å². The van der Waals surface area contributed by atoms with Crippen molar-refractivity contribution in [3.8, 4) is 0 Å². The van der Waals surface area contributed by atoms with Gasteiger partial charge >= 0.3 is 18.2 Å². The van der Waals surface area contributed by atoms with Crippen LogP contribution in [0.3, 0.4) is 0 Å².